The molecule has 2 heteroatoms. The number of hydrogen-bond acceptors (Lipinski definition) is 1. The zero-order valence-electron chi connectivity index (χ0n) is 8.76. The third kappa shape index (κ3) is 2.28. The Balaban J connectivity index is 2.34. The van der Waals surface area contributed by atoms with Gasteiger partial charge in [0.15, 0.2) is 0 Å². The summed E-state index contributed by atoms with van der Waals surface area (Å²) < 4.78 is 0. The van der Waals surface area contributed by atoms with E-state index in [0.717, 1.165) is 17.5 Å². The van der Waals surface area contributed by atoms with E-state index >= 15 is 0 Å². The van der Waals surface area contributed by atoms with Gasteiger partial charge in [-0.15, -0.1) is 0 Å². The lowest BCUT2D eigenvalue weighted by atomic mass is 9.99. The number of allylic oxidation sites excluding steroid dienone is 4. The van der Waals surface area contributed by atoms with Crippen molar-refractivity contribution in [3.05, 3.63) is 59.7 Å². The summed E-state index contributed by atoms with van der Waals surface area (Å²) in [7, 11) is 0. The molecule has 1 N–H and O–H groups in total. The Morgan fingerprint density at radius 2 is 2.12 bits per heavy atom. The standard InChI is InChI=1S/C14H12O2/c15-14(16)10-9-12-7-3-4-8-13(12)11-5-1-2-6-11/h1-5,7-10H,6H2,(H,15,16). The second kappa shape index (κ2) is 4.62. The predicted molar refractivity (Wildman–Crippen MR) is 64.8 cm³/mol. The van der Waals surface area contributed by atoms with Crippen LogP contribution < -0.4 is 0 Å². The van der Waals surface area contributed by atoms with Crippen LogP contribution in [0, 0.1) is 0 Å². The topological polar surface area (TPSA) is 37.3 Å². The number of rotatable bonds is 3. The normalized spacial score (nSPS) is 14.4. The highest BCUT2D eigenvalue weighted by Gasteiger charge is 2.06. The second-order valence-electron chi connectivity index (χ2n) is 3.58. The zero-order chi connectivity index (χ0) is 11.4. The lowest BCUT2D eigenvalue weighted by Gasteiger charge is -2.06. The molecule has 0 fully saturated rings. The minimum atomic E-state index is -0.923. The molecule has 0 unspecified atom stereocenters. The molecule has 0 amide bonds. The molecular weight excluding hydrogens is 200 g/mol. The Bertz CT molecular complexity index is 493. The minimum absolute atomic E-state index is 0.915. The van der Waals surface area contributed by atoms with Crippen molar-refractivity contribution in [1.29, 1.82) is 0 Å². The monoisotopic (exact) mass is 212 g/mol. The van der Waals surface area contributed by atoms with Crippen molar-refractivity contribution >= 4 is 17.6 Å². The molecule has 2 nitrogen and oxygen atoms in total. The molecule has 2 rings (SSSR count). The number of carboxylic acids is 1. The third-order valence-electron chi connectivity index (χ3n) is 2.48. The molecular formula is C14H12O2. The van der Waals surface area contributed by atoms with Crippen LogP contribution in [0.2, 0.25) is 0 Å². The highest BCUT2D eigenvalue weighted by Crippen LogP contribution is 2.26. The van der Waals surface area contributed by atoms with Gasteiger partial charge in [-0.1, -0.05) is 42.5 Å². The van der Waals surface area contributed by atoms with Crippen molar-refractivity contribution in [2.24, 2.45) is 0 Å². The Kier molecular flexibility index (Phi) is 3.01. The summed E-state index contributed by atoms with van der Waals surface area (Å²) in [5.74, 6) is -0.923. The van der Waals surface area contributed by atoms with Gasteiger partial charge in [0, 0.05) is 6.08 Å². The maximum Gasteiger partial charge on any atom is 0.328 e. The largest absolute Gasteiger partial charge is 0.478 e. The SMILES string of the molecule is O=C(O)C=Cc1ccccc1C1=CC=CC1. The lowest BCUT2D eigenvalue weighted by Crippen LogP contribution is -1.89. The van der Waals surface area contributed by atoms with Crippen molar-refractivity contribution in [3.63, 3.8) is 0 Å². The first-order valence-electron chi connectivity index (χ1n) is 5.13. The Morgan fingerprint density at radius 3 is 2.81 bits per heavy atom. The number of carboxylic acid groups (broad SMARTS) is 1. The maximum absolute atomic E-state index is 10.5. The van der Waals surface area contributed by atoms with E-state index in [-0.39, 0.29) is 0 Å². The van der Waals surface area contributed by atoms with Crippen LogP contribution in [0.25, 0.3) is 11.6 Å². The Labute approximate surface area is 94.2 Å². The van der Waals surface area contributed by atoms with E-state index in [1.165, 1.54) is 11.6 Å². The van der Waals surface area contributed by atoms with Gasteiger partial charge in [-0.05, 0) is 29.2 Å². The smallest absolute Gasteiger partial charge is 0.328 e. The molecule has 0 atom stereocenters. The van der Waals surface area contributed by atoms with Crippen LogP contribution in [0.5, 0.6) is 0 Å². The van der Waals surface area contributed by atoms with Crippen molar-refractivity contribution in [1.82, 2.24) is 0 Å². The van der Waals surface area contributed by atoms with Crippen LogP contribution in [0.1, 0.15) is 17.5 Å². The highest BCUT2D eigenvalue weighted by atomic mass is 16.4. The summed E-state index contributed by atoms with van der Waals surface area (Å²) in [5.41, 5.74) is 3.27. The summed E-state index contributed by atoms with van der Waals surface area (Å²) in [6, 6.07) is 7.81. The average Bonchev–Trinajstić information content (AvgIpc) is 2.80. The van der Waals surface area contributed by atoms with E-state index < -0.39 is 5.97 Å². The quantitative estimate of drug-likeness (QED) is 0.781. The van der Waals surface area contributed by atoms with Gasteiger partial charge >= 0.3 is 5.97 Å². The van der Waals surface area contributed by atoms with Gasteiger partial charge in [-0.2, -0.15) is 0 Å². The van der Waals surface area contributed by atoms with Crippen molar-refractivity contribution in [2.45, 2.75) is 6.42 Å². The molecule has 0 bridgehead atoms. The van der Waals surface area contributed by atoms with E-state index in [2.05, 4.69) is 12.2 Å². The van der Waals surface area contributed by atoms with Gasteiger partial charge in [-0.25, -0.2) is 4.79 Å². The van der Waals surface area contributed by atoms with E-state index in [9.17, 15) is 4.79 Å². The van der Waals surface area contributed by atoms with Gasteiger partial charge in [-0.3, -0.25) is 0 Å². The molecule has 0 aromatic heterocycles. The van der Waals surface area contributed by atoms with Crippen molar-refractivity contribution < 1.29 is 9.90 Å². The third-order valence-corrected chi connectivity index (χ3v) is 2.48. The lowest BCUT2D eigenvalue weighted by molar-refractivity contribution is -0.131. The summed E-state index contributed by atoms with van der Waals surface area (Å²) in [5, 5.41) is 8.62. The molecule has 16 heavy (non-hydrogen) atoms. The Hall–Kier alpha value is -2.09. The summed E-state index contributed by atoms with van der Waals surface area (Å²) in [6.45, 7) is 0. The molecule has 1 aromatic rings. The van der Waals surface area contributed by atoms with Crippen LogP contribution in [0.15, 0.2) is 48.6 Å². The van der Waals surface area contributed by atoms with Gasteiger partial charge in [0.25, 0.3) is 0 Å². The summed E-state index contributed by atoms with van der Waals surface area (Å²) in [6.07, 6.45) is 9.89. The van der Waals surface area contributed by atoms with Gasteiger partial charge in [0.2, 0.25) is 0 Å². The predicted octanol–water partition coefficient (Wildman–Crippen LogP) is 3.13. The molecule has 80 valence electrons. The highest BCUT2D eigenvalue weighted by molar-refractivity contribution is 5.87. The fraction of sp³-hybridized carbons (Fsp3) is 0.0714. The minimum Gasteiger partial charge on any atom is -0.478 e. The summed E-state index contributed by atoms with van der Waals surface area (Å²) in [4.78, 5) is 10.5. The number of aliphatic carboxylic acids is 1. The number of benzene rings is 1. The first-order chi connectivity index (χ1) is 7.77. The van der Waals surface area contributed by atoms with Crippen molar-refractivity contribution in [2.75, 3.05) is 0 Å². The van der Waals surface area contributed by atoms with E-state index in [1.54, 1.807) is 6.08 Å². The van der Waals surface area contributed by atoms with E-state index in [1.807, 2.05) is 30.3 Å². The number of hydrogen-bond donors (Lipinski definition) is 1. The molecule has 0 radical (unpaired) electrons. The fourth-order valence-electron chi connectivity index (χ4n) is 1.74. The molecule has 1 aliphatic carbocycles. The fourth-order valence-corrected chi connectivity index (χ4v) is 1.74. The maximum atomic E-state index is 10.5. The van der Waals surface area contributed by atoms with Gasteiger partial charge in [0.1, 0.15) is 0 Å². The molecule has 0 aliphatic heterocycles. The molecule has 0 spiro atoms. The van der Waals surface area contributed by atoms with Crippen LogP contribution >= 0.6 is 0 Å². The Morgan fingerprint density at radius 1 is 1.31 bits per heavy atom. The van der Waals surface area contributed by atoms with Gasteiger partial charge < -0.3 is 5.11 Å². The molecule has 0 saturated carbocycles. The van der Waals surface area contributed by atoms with E-state index in [4.69, 9.17) is 5.11 Å². The summed E-state index contributed by atoms with van der Waals surface area (Å²) >= 11 is 0. The number of carbonyl (C=O) groups is 1. The van der Waals surface area contributed by atoms with Crippen LogP contribution in [-0.2, 0) is 4.79 Å². The van der Waals surface area contributed by atoms with Gasteiger partial charge in [0.05, 0.1) is 0 Å². The molecule has 1 aliphatic rings. The molecule has 0 heterocycles. The molecule has 0 saturated heterocycles. The zero-order valence-corrected chi connectivity index (χ0v) is 8.76. The first kappa shape index (κ1) is 10.4. The van der Waals surface area contributed by atoms with E-state index in [0.29, 0.717) is 0 Å². The van der Waals surface area contributed by atoms with Crippen molar-refractivity contribution in [3.8, 4) is 0 Å². The van der Waals surface area contributed by atoms with Crippen LogP contribution in [-0.4, -0.2) is 11.1 Å². The van der Waals surface area contributed by atoms with Crippen LogP contribution in [0.4, 0.5) is 0 Å². The average molecular weight is 212 g/mol. The molecule has 1 aromatic carbocycles. The second-order valence-corrected chi connectivity index (χ2v) is 3.58. The van der Waals surface area contributed by atoms with Crippen LogP contribution in [0.3, 0.4) is 0 Å². The first-order valence-corrected chi connectivity index (χ1v) is 5.13.